The van der Waals surface area contributed by atoms with E-state index in [4.69, 9.17) is 11.6 Å². The minimum absolute atomic E-state index is 0.0819. The third kappa shape index (κ3) is 1.61. The van der Waals surface area contributed by atoms with Gasteiger partial charge in [0, 0.05) is 18.0 Å². The van der Waals surface area contributed by atoms with Crippen LogP contribution >= 0.6 is 11.6 Å². The van der Waals surface area contributed by atoms with E-state index in [-0.39, 0.29) is 5.91 Å². The molecule has 1 atom stereocenters. The molecule has 5 heteroatoms. The highest BCUT2D eigenvalue weighted by Gasteiger charge is 2.35. The molecule has 1 aliphatic rings. The van der Waals surface area contributed by atoms with Crippen LogP contribution in [0.5, 0.6) is 0 Å². The van der Waals surface area contributed by atoms with Crippen LogP contribution in [0, 0.1) is 0 Å². The Morgan fingerprint density at radius 2 is 2.18 bits per heavy atom. The Morgan fingerprint density at radius 1 is 1.35 bits per heavy atom. The van der Waals surface area contributed by atoms with Crippen LogP contribution in [-0.2, 0) is 11.5 Å². The molecular formula is C12H10ClN3O. The molecule has 2 heterocycles. The lowest BCUT2D eigenvalue weighted by atomic mass is 10.2. The zero-order valence-corrected chi connectivity index (χ0v) is 9.71. The van der Waals surface area contributed by atoms with Gasteiger partial charge in [0.25, 0.3) is 5.91 Å². The summed E-state index contributed by atoms with van der Waals surface area (Å²) in [5, 5.41) is -0.574. The molecule has 1 aromatic carbocycles. The summed E-state index contributed by atoms with van der Waals surface area (Å²) in [5.74, 6) is -0.0819. The standard InChI is InChI=1S/C12H10ClN3O/c13-11-9-3-1-2-4-10(9)16(12(11)17)8-15-6-5-14-7-15/h1-7,11H,8H2. The average Bonchev–Trinajstić information content (AvgIpc) is 2.94. The van der Waals surface area contributed by atoms with Crippen LogP contribution in [0.1, 0.15) is 10.9 Å². The first-order chi connectivity index (χ1) is 8.27. The summed E-state index contributed by atoms with van der Waals surface area (Å²) in [4.78, 5) is 17.7. The van der Waals surface area contributed by atoms with Crippen molar-refractivity contribution >= 4 is 23.2 Å². The van der Waals surface area contributed by atoms with Crippen molar-refractivity contribution < 1.29 is 4.79 Å². The van der Waals surface area contributed by atoms with Crippen LogP contribution < -0.4 is 4.90 Å². The van der Waals surface area contributed by atoms with Crippen LogP contribution in [0.25, 0.3) is 0 Å². The van der Waals surface area contributed by atoms with E-state index in [0.29, 0.717) is 6.67 Å². The predicted octanol–water partition coefficient (Wildman–Crippen LogP) is 2.17. The predicted molar refractivity (Wildman–Crippen MR) is 64.7 cm³/mol. The van der Waals surface area contributed by atoms with Crippen molar-refractivity contribution in [2.75, 3.05) is 4.90 Å². The molecule has 0 saturated carbocycles. The summed E-state index contributed by atoms with van der Waals surface area (Å²) < 4.78 is 1.84. The number of halogens is 1. The fourth-order valence-corrected chi connectivity index (χ4v) is 2.32. The molecule has 1 amide bonds. The fraction of sp³-hybridized carbons (Fsp3) is 0.167. The maximum Gasteiger partial charge on any atom is 0.251 e. The SMILES string of the molecule is O=C1C(Cl)c2ccccc2N1Cn1ccnc1. The quantitative estimate of drug-likeness (QED) is 0.763. The molecule has 0 spiro atoms. The van der Waals surface area contributed by atoms with Crippen molar-refractivity contribution in [1.82, 2.24) is 9.55 Å². The molecule has 86 valence electrons. The number of hydrogen-bond donors (Lipinski definition) is 0. The zero-order valence-electron chi connectivity index (χ0n) is 8.95. The van der Waals surface area contributed by atoms with Gasteiger partial charge in [-0.2, -0.15) is 0 Å². The Morgan fingerprint density at radius 3 is 2.94 bits per heavy atom. The minimum Gasteiger partial charge on any atom is -0.319 e. The van der Waals surface area contributed by atoms with Crippen LogP contribution in [0.4, 0.5) is 5.69 Å². The number of aromatic nitrogens is 2. The Balaban J connectivity index is 1.98. The molecule has 1 aromatic heterocycles. The van der Waals surface area contributed by atoms with Gasteiger partial charge in [0.15, 0.2) is 0 Å². The number of benzene rings is 1. The van der Waals surface area contributed by atoms with Gasteiger partial charge in [-0.1, -0.05) is 18.2 Å². The third-order valence-corrected chi connectivity index (χ3v) is 3.27. The maximum absolute atomic E-state index is 12.0. The van der Waals surface area contributed by atoms with Gasteiger partial charge in [-0.25, -0.2) is 4.98 Å². The van der Waals surface area contributed by atoms with Gasteiger partial charge in [0.1, 0.15) is 12.0 Å². The molecule has 3 rings (SSSR count). The lowest BCUT2D eigenvalue weighted by Crippen LogP contribution is -2.29. The minimum atomic E-state index is -0.574. The molecule has 0 fully saturated rings. The molecule has 1 unspecified atom stereocenters. The van der Waals surface area contributed by atoms with Gasteiger partial charge in [0.05, 0.1) is 12.0 Å². The number of anilines is 1. The first kappa shape index (κ1) is 10.4. The molecule has 2 aromatic rings. The molecule has 0 saturated heterocycles. The van der Waals surface area contributed by atoms with Gasteiger partial charge in [-0.3, -0.25) is 9.69 Å². The number of carbonyl (C=O) groups excluding carboxylic acids is 1. The first-order valence-electron chi connectivity index (χ1n) is 5.27. The summed E-state index contributed by atoms with van der Waals surface area (Å²) in [6, 6.07) is 7.59. The van der Waals surface area contributed by atoms with Gasteiger partial charge < -0.3 is 4.57 Å². The molecule has 4 nitrogen and oxygen atoms in total. The molecular weight excluding hydrogens is 238 g/mol. The Hall–Kier alpha value is -1.81. The largest absolute Gasteiger partial charge is 0.319 e. The number of hydrogen-bond acceptors (Lipinski definition) is 2. The first-order valence-corrected chi connectivity index (χ1v) is 5.71. The second-order valence-electron chi connectivity index (χ2n) is 3.91. The Bertz CT molecular complexity index is 553. The van der Waals surface area contributed by atoms with E-state index in [2.05, 4.69) is 4.98 Å². The van der Waals surface area contributed by atoms with E-state index in [1.54, 1.807) is 17.4 Å². The van der Waals surface area contributed by atoms with Crippen molar-refractivity contribution in [3.63, 3.8) is 0 Å². The number of fused-ring (bicyclic) bond motifs is 1. The number of amides is 1. The van der Waals surface area contributed by atoms with Gasteiger partial charge in [-0.15, -0.1) is 11.6 Å². The van der Waals surface area contributed by atoms with Crippen molar-refractivity contribution in [3.8, 4) is 0 Å². The number of nitrogens with zero attached hydrogens (tertiary/aromatic N) is 3. The number of alkyl halides is 1. The van der Waals surface area contributed by atoms with Crippen molar-refractivity contribution in [2.24, 2.45) is 0 Å². The molecule has 0 radical (unpaired) electrons. The lowest BCUT2D eigenvalue weighted by molar-refractivity contribution is -0.118. The van der Waals surface area contributed by atoms with Crippen LogP contribution in [0.2, 0.25) is 0 Å². The second-order valence-corrected chi connectivity index (χ2v) is 4.34. The van der Waals surface area contributed by atoms with Crippen molar-refractivity contribution in [2.45, 2.75) is 12.0 Å². The third-order valence-electron chi connectivity index (χ3n) is 2.85. The van der Waals surface area contributed by atoms with Crippen molar-refractivity contribution in [1.29, 1.82) is 0 Å². The second kappa shape index (κ2) is 3.89. The van der Waals surface area contributed by atoms with E-state index in [1.165, 1.54) is 0 Å². The number of carbonyl (C=O) groups is 1. The monoisotopic (exact) mass is 247 g/mol. The number of rotatable bonds is 2. The Kier molecular flexibility index (Phi) is 2.37. The number of para-hydroxylation sites is 1. The van der Waals surface area contributed by atoms with E-state index in [0.717, 1.165) is 11.3 Å². The lowest BCUT2D eigenvalue weighted by Gasteiger charge is -2.17. The van der Waals surface area contributed by atoms with Crippen LogP contribution in [-0.4, -0.2) is 15.5 Å². The van der Waals surface area contributed by atoms with Gasteiger partial charge >= 0.3 is 0 Å². The highest BCUT2D eigenvalue weighted by molar-refractivity contribution is 6.35. The fourth-order valence-electron chi connectivity index (χ4n) is 2.02. The molecule has 0 bridgehead atoms. The number of imidazole rings is 1. The van der Waals surface area contributed by atoms with Crippen molar-refractivity contribution in [3.05, 3.63) is 48.5 Å². The summed E-state index contributed by atoms with van der Waals surface area (Å²) in [6.45, 7) is 0.444. The summed E-state index contributed by atoms with van der Waals surface area (Å²) in [5.41, 5.74) is 1.76. The smallest absolute Gasteiger partial charge is 0.251 e. The Labute approximate surface area is 103 Å². The summed E-state index contributed by atoms with van der Waals surface area (Å²) >= 11 is 6.11. The molecule has 0 N–H and O–H groups in total. The van der Waals surface area contributed by atoms with E-state index >= 15 is 0 Å². The zero-order chi connectivity index (χ0) is 11.8. The summed E-state index contributed by atoms with van der Waals surface area (Å²) in [6.07, 6.45) is 5.18. The summed E-state index contributed by atoms with van der Waals surface area (Å²) in [7, 11) is 0. The normalized spacial score (nSPS) is 18.5. The molecule has 1 aliphatic heterocycles. The van der Waals surface area contributed by atoms with Crippen LogP contribution in [0.3, 0.4) is 0 Å². The van der Waals surface area contributed by atoms with E-state index in [1.807, 2.05) is 35.0 Å². The van der Waals surface area contributed by atoms with Gasteiger partial charge in [-0.05, 0) is 6.07 Å². The van der Waals surface area contributed by atoms with Crippen LogP contribution in [0.15, 0.2) is 43.0 Å². The highest BCUT2D eigenvalue weighted by Crippen LogP contribution is 2.39. The molecule has 0 aliphatic carbocycles. The topological polar surface area (TPSA) is 38.1 Å². The van der Waals surface area contributed by atoms with E-state index < -0.39 is 5.38 Å². The van der Waals surface area contributed by atoms with E-state index in [9.17, 15) is 4.79 Å². The maximum atomic E-state index is 12.0. The average molecular weight is 248 g/mol. The highest BCUT2D eigenvalue weighted by atomic mass is 35.5. The molecule has 17 heavy (non-hydrogen) atoms. The van der Waals surface area contributed by atoms with Gasteiger partial charge in [0.2, 0.25) is 0 Å².